The molecule has 1 aliphatic carbocycles. The molecule has 1 aromatic carbocycles. The highest BCUT2D eigenvalue weighted by Gasteiger charge is 2.28. The van der Waals surface area contributed by atoms with Gasteiger partial charge in [0.25, 0.3) is 0 Å². The van der Waals surface area contributed by atoms with Crippen LogP contribution in [0.5, 0.6) is 5.75 Å². The summed E-state index contributed by atoms with van der Waals surface area (Å²) in [5.41, 5.74) is 0.751. The van der Waals surface area contributed by atoms with E-state index in [9.17, 15) is 13.6 Å². The van der Waals surface area contributed by atoms with Crippen LogP contribution in [0, 0.1) is 5.92 Å². The second-order valence-corrected chi connectivity index (χ2v) is 4.92. The van der Waals surface area contributed by atoms with Gasteiger partial charge in [-0.2, -0.15) is 8.78 Å². The number of halogens is 2. The maximum Gasteiger partial charge on any atom is 0.387 e. The highest BCUT2D eigenvalue weighted by Crippen LogP contribution is 2.32. The van der Waals surface area contributed by atoms with E-state index in [2.05, 4.69) is 10.1 Å². The van der Waals surface area contributed by atoms with Crippen LogP contribution >= 0.6 is 0 Å². The third-order valence-electron chi connectivity index (χ3n) is 3.23. The monoisotopic (exact) mass is 281 g/mol. The molecule has 1 fully saturated rings. The fourth-order valence-electron chi connectivity index (χ4n) is 1.92. The third kappa shape index (κ3) is 4.64. The molecule has 0 heterocycles. The molecule has 0 aromatic heterocycles. The Balaban J connectivity index is 1.85. The van der Waals surface area contributed by atoms with E-state index in [1.165, 1.54) is 31.1 Å². The summed E-state index contributed by atoms with van der Waals surface area (Å²) in [6.45, 7) is -0.828. The van der Waals surface area contributed by atoms with Gasteiger partial charge in [-0.1, -0.05) is 12.1 Å². The zero-order valence-electron chi connectivity index (χ0n) is 11.2. The van der Waals surface area contributed by atoms with Gasteiger partial charge in [0, 0.05) is 12.1 Å². The van der Waals surface area contributed by atoms with E-state index in [0.29, 0.717) is 5.92 Å². The molecule has 5 heteroatoms. The summed E-state index contributed by atoms with van der Waals surface area (Å²) in [5.74, 6) is 0.569. The third-order valence-corrected chi connectivity index (χ3v) is 3.23. The van der Waals surface area contributed by atoms with Crippen LogP contribution in [0.1, 0.15) is 25.3 Å². The molecule has 20 heavy (non-hydrogen) atoms. The van der Waals surface area contributed by atoms with Gasteiger partial charge in [0.15, 0.2) is 0 Å². The smallest absolute Gasteiger partial charge is 0.387 e. The maximum atomic E-state index is 12.0. The summed E-state index contributed by atoms with van der Waals surface area (Å²) < 4.78 is 28.2. The second-order valence-electron chi connectivity index (χ2n) is 4.92. The lowest BCUT2D eigenvalue weighted by Crippen LogP contribution is -2.32. The number of rotatable bonds is 6. The molecule has 0 bridgehead atoms. The number of alkyl halides is 2. The van der Waals surface area contributed by atoms with Crippen LogP contribution in [-0.4, -0.2) is 18.6 Å². The van der Waals surface area contributed by atoms with Crippen LogP contribution in [0.2, 0.25) is 0 Å². The van der Waals surface area contributed by atoms with Crippen molar-refractivity contribution in [3.05, 3.63) is 35.9 Å². The first-order valence-electron chi connectivity index (χ1n) is 6.58. The quantitative estimate of drug-likeness (QED) is 0.813. The Bertz CT molecular complexity index is 481. The number of carbonyl (C=O) groups excluding carboxylic acids is 1. The summed E-state index contributed by atoms with van der Waals surface area (Å²) in [7, 11) is 0. The zero-order chi connectivity index (χ0) is 14.5. The molecular formula is C15H17F2NO2. The van der Waals surface area contributed by atoms with E-state index in [1.807, 2.05) is 6.92 Å². The van der Waals surface area contributed by atoms with Crippen molar-refractivity contribution in [3.8, 4) is 5.75 Å². The average Bonchev–Trinajstić information content (AvgIpc) is 3.21. The van der Waals surface area contributed by atoms with E-state index in [-0.39, 0.29) is 17.7 Å². The van der Waals surface area contributed by atoms with Crippen molar-refractivity contribution >= 4 is 12.0 Å². The van der Waals surface area contributed by atoms with Crippen molar-refractivity contribution in [1.82, 2.24) is 5.32 Å². The topological polar surface area (TPSA) is 38.3 Å². The van der Waals surface area contributed by atoms with Gasteiger partial charge in [-0.05, 0) is 49.5 Å². The molecule has 0 radical (unpaired) electrons. The highest BCUT2D eigenvalue weighted by molar-refractivity contribution is 5.91. The van der Waals surface area contributed by atoms with Crippen LogP contribution < -0.4 is 10.1 Å². The van der Waals surface area contributed by atoms with Crippen LogP contribution in [-0.2, 0) is 4.79 Å². The predicted molar refractivity (Wildman–Crippen MR) is 72.4 cm³/mol. The van der Waals surface area contributed by atoms with Gasteiger partial charge in [-0.15, -0.1) is 0 Å². The van der Waals surface area contributed by atoms with Crippen molar-refractivity contribution in [2.45, 2.75) is 32.4 Å². The van der Waals surface area contributed by atoms with Gasteiger partial charge in [-0.25, -0.2) is 0 Å². The maximum absolute atomic E-state index is 12.0. The molecule has 1 saturated carbocycles. The van der Waals surface area contributed by atoms with Crippen LogP contribution in [0.15, 0.2) is 30.3 Å². The first kappa shape index (κ1) is 14.5. The lowest BCUT2D eigenvalue weighted by atomic mass is 10.2. The van der Waals surface area contributed by atoms with Gasteiger partial charge in [0.2, 0.25) is 5.91 Å². The Morgan fingerprint density at radius 1 is 1.35 bits per heavy atom. The lowest BCUT2D eigenvalue weighted by molar-refractivity contribution is -0.117. The number of ether oxygens (including phenoxy) is 1. The van der Waals surface area contributed by atoms with E-state index in [0.717, 1.165) is 5.56 Å². The van der Waals surface area contributed by atoms with Gasteiger partial charge < -0.3 is 10.1 Å². The standard InChI is InChI=1S/C15H17F2NO2/c1-10(12-5-6-12)18-14(19)9-4-11-2-7-13(8-3-11)20-15(16)17/h2-4,7-10,12,15H,5-6H2,1H3,(H,18,19)/b9-4+/t10-/m1/s1. The minimum atomic E-state index is -2.83. The predicted octanol–water partition coefficient (Wildman–Crippen LogP) is 3.22. The number of benzene rings is 1. The lowest BCUT2D eigenvalue weighted by Gasteiger charge is -2.10. The van der Waals surface area contributed by atoms with E-state index >= 15 is 0 Å². The summed E-state index contributed by atoms with van der Waals surface area (Å²) in [6.07, 6.45) is 5.44. The van der Waals surface area contributed by atoms with Crippen molar-refractivity contribution in [3.63, 3.8) is 0 Å². The first-order chi connectivity index (χ1) is 9.54. The fourth-order valence-corrected chi connectivity index (χ4v) is 1.92. The summed E-state index contributed by atoms with van der Waals surface area (Å²) in [4.78, 5) is 11.6. The molecular weight excluding hydrogens is 264 g/mol. The number of amides is 1. The van der Waals surface area contributed by atoms with Crippen LogP contribution in [0.25, 0.3) is 6.08 Å². The summed E-state index contributed by atoms with van der Waals surface area (Å²) in [5, 5.41) is 2.90. The minimum Gasteiger partial charge on any atom is -0.435 e. The van der Waals surface area contributed by atoms with Crippen molar-refractivity contribution < 1.29 is 18.3 Å². The van der Waals surface area contributed by atoms with Gasteiger partial charge in [-0.3, -0.25) is 4.79 Å². The zero-order valence-corrected chi connectivity index (χ0v) is 11.2. The second kappa shape index (κ2) is 6.50. The van der Waals surface area contributed by atoms with Gasteiger partial charge in [0.1, 0.15) is 5.75 Å². The Morgan fingerprint density at radius 3 is 2.55 bits per heavy atom. The highest BCUT2D eigenvalue weighted by atomic mass is 19.3. The minimum absolute atomic E-state index is 0.101. The Hall–Kier alpha value is -1.91. The van der Waals surface area contributed by atoms with Crippen LogP contribution in [0.3, 0.4) is 0 Å². The van der Waals surface area contributed by atoms with Crippen LogP contribution in [0.4, 0.5) is 8.78 Å². The summed E-state index contributed by atoms with van der Waals surface area (Å²) >= 11 is 0. The number of carbonyl (C=O) groups is 1. The normalized spacial score (nSPS) is 16.4. The molecule has 2 rings (SSSR count). The molecule has 1 amide bonds. The Labute approximate surface area is 116 Å². The molecule has 3 nitrogen and oxygen atoms in total. The van der Waals surface area contributed by atoms with Crippen molar-refractivity contribution in [1.29, 1.82) is 0 Å². The molecule has 1 aliphatic rings. The van der Waals surface area contributed by atoms with E-state index in [4.69, 9.17) is 0 Å². The molecule has 108 valence electrons. The van der Waals surface area contributed by atoms with Crippen molar-refractivity contribution in [2.75, 3.05) is 0 Å². The fraction of sp³-hybridized carbons (Fsp3) is 0.400. The molecule has 0 spiro atoms. The molecule has 1 atom stereocenters. The average molecular weight is 281 g/mol. The molecule has 0 saturated heterocycles. The number of nitrogens with one attached hydrogen (secondary N) is 1. The Morgan fingerprint density at radius 2 is 2.00 bits per heavy atom. The van der Waals surface area contributed by atoms with Gasteiger partial charge >= 0.3 is 6.61 Å². The molecule has 1 N–H and O–H groups in total. The first-order valence-corrected chi connectivity index (χ1v) is 6.58. The summed E-state index contributed by atoms with van der Waals surface area (Å²) in [6, 6.07) is 6.32. The Kier molecular flexibility index (Phi) is 4.71. The SMILES string of the molecule is C[C@@H](NC(=O)/C=C/c1ccc(OC(F)F)cc1)C1CC1. The van der Waals surface area contributed by atoms with E-state index < -0.39 is 6.61 Å². The van der Waals surface area contributed by atoms with Gasteiger partial charge in [0.05, 0.1) is 0 Å². The number of hydrogen-bond acceptors (Lipinski definition) is 2. The van der Waals surface area contributed by atoms with E-state index in [1.54, 1.807) is 18.2 Å². The van der Waals surface area contributed by atoms with Crippen molar-refractivity contribution in [2.24, 2.45) is 5.92 Å². The largest absolute Gasteiger partial charge is 0.435 e. The molecule has 0 unspecified atom stereocenters. The number of hydrogen-bond donors (Lipinski definition) is 1. The molecule has 0 aliphatic heterocycles. The molecule has 1 aromatic rings.